The Labute approximate surface area is 151 Å². The molecule has 0 saturated carbocycles. The van der Waals surface area contributed by atoms with Gasteiger partial charge in [0, 0.05) is 35.7 Å². The van der Waals surface area contributed by atoms with Crippen molar-refractivity contribution in [1.29, 1.82) is 0 Å². The number of hydrogen-bond acceptors (Lipinski definition) is 2. The second kappa shape index (κ2) is 8.11. The quantitative estimate of drug-likeness (QED) is 0.822. The molecule has 0 aliphatic carbocycles. The van der Waals surface area contributed by atoms with Crippen molar-refractivity contribution in [3.05, 3.63) is 58.1 Å². The maximum absolute atomic E-state index is 12.1. The van der Waals surface area contributed by atoms with Gasteiger partial charge in [0.25, 0.3) is 0 Å². The SMILES string of the molecule is CC(=O)N(CCC(=O)Nc1ccc(Br)cc1)c1ccc(C)cc1C. The topological polar surface area (TPSA) is 49.4 Å². The molecule has 0 radical (unpaired) electrons. The molecule has 5 heteroatoms. The van der Waals surface area contributed by atoms with Gasteiger partial charge >= 0.3 is 0 Å². The van der Waals surface area contributed by atoms with Gasteiger partial charge in [0.15, 0.2) is 0 Å². The van der Waals surface area contributed by atoms with Crippen molar-refractivity contribution in [2.45, 2.75) is 27.2 Å². The number of aryl methyl sites for hydroxylation is 2. The van der Waals surface area contributed by atoms with Crippen molar-refractivity contribution < 1.29 is 9.59 Å². The largest absolute Gasteiger partial charge is 0.326 e. The predicted molar refractivity (Wildman–Crippen MR) is 101 cm³/mol. The Morgan fingerprint density at radius 1 is 1.08 bits per heavy atom. The highest BCUT2D eigenvalue weighted by Crippen LogP contribution is 2.22. The number of nitrogens with zero attached hydrogens (tertiary/aromatic N) is 1. The number of carbonyl (C=O) groups is 2. The molecule has 0 aromatic heterocycles. The molecule has 2 amide bonds. The van der Waals surface area contributed by atoms with E-state index in [2.05, 4.69) is 21.2 Å². The van der Waals surface area contributed by atoms with Gasteiger partial charge in [0.1, 0.15) is 0 Å². The van der Waals surface area contributed by atoms with Gasteiger partial charge in [-0.25, -0.2) is 0 Å². The first-order valence-corrected chi connectivity index (χ1v) is 8.57. The lowest BCUT2D eigenvalue weighted by Crippen LogP contribution is -2.32. The molecular weight excluding hydrogens is 368 g/mol. The molecule has 0 unspecified atom stereocenters. The van der Waals surface area contributed by atoms with Crippen LogP contribution in [0.4, 0.5) is 11.4 Å². The number of amides is 2. The van der Waals surface area contributed by atoms with Crippen LogP contribution < -0.4 is 10.2 Å². The maximum atomic E-state index is 12.1. The molecule has 1 N–H and O–H groups in total. The average molecular weight is 389 g/mol. The first-order valence-electron chi connectivity index (χ1n) is 7.77. The highest BCUT2D eigenvalue weighted by atomic mass is 79.9. The van der Waals surface area contributed by atoms with Crippen LogP contribution in [0.2, 0.25) is 0 Å². The highest BCUT2D eigenvalue weighted by Gasteiger charge is 2.15. The van der Waals surface area contributed by atoms with Gasteiger partial charge in [-0.15, -0.1) is 0 Å². The summed E-state index contributed by atoms with van der Waals surface area (Å²) in [7, 11) is 0. The van der Waals surface area contributed by atoms with E-state index in [4.69, 9.17) is 0 Å². The monoisotopic (exact) mass is 388 g/mol. The van der Waals surface area contributed by atoms with Crippen LogP contribution in [-0.4, -0.2) is 18.4 Å². The Morgan fingerprint density at radius 2 is 1.75 bits per heavy atom. The number of anilines is 2. The molecule has 4 nitrogen and oxygen atoms in total. The van der Waals surface area contributed by atoms with E-state index in [0.717, 1.165) is 27.0 Å². The van der Waals surface area contributed by atoms with E-state index in [1.165, 1.54) is 6.92 Å². The summed E-state index contributed by atoms with van der Waals surface area (Å²) < 4.78 is 0.957. The molecule has 0 bridgehead atoms. The minimum Gasteiger partial charge on any atom is -0.326 e. The average Bonchev–Trinajstić information content (AvgIpc) is 2.51. The first kappa shape index (κ1) is 18.2. The zero-order valence-corrected chi connectivity index (χ0v) is 15.7. The Morgan fingerprint density at radius 3 is 2.33 bits per heavy atom. The fraction of sp³-hybridized carbons (Fsp3) is 0.263. The molecule has 2 aromatic carbocycles. The van der Waals surface area contributed by atoms with E-state index in [1.807, 2.05) is 56.3 Å². The second-order valence-electron chi connectivity index (χ2n) is 5.77. The van der Waals surface area contributed by atoms with Crippen LogP contribution in [0.5, 0.6) is 0 Å². The van der Waals surface area contributed by atoms with E-state index < -0.39 is 0 Å². The molecule has 0 aliphatic heterocycles. The van der Waals surface area contributed by atoms with E-state index in [-0.39, 0.29) is 18.2 Å². The minimum atomic E-state index is -0.117. The van der Waals surface area contributed by atoms with Crippen molar-refractivity contribution in [1.82, 2.24) is 0 Å². The summed E-state index contributed by atoms with van der Waals surface area (Å²) in [6.45, 7) is 5.86. The molecule has 0 fully saturated rings. The standard InChI is InChI=1S/C19H21BrN2O2/c1-13-4-9-18(14(2)12-13)22(15(3)23)11-10-19(24)21-17-7-5-16(20)6-8-17/h4-9,12H,10-11H2,1-3H3,(H,21,24). The number of benzene rings is 2. The van der Waals surface area contributed by atoms with Crippen LogP contribution in [0.3, 0.4) is 0 Å². The molecular formula is C19H21BrN2O2. The van der Waals surface area contributed by atoms with Gasteiger partial charge in [-0.3, -0.25) is 9.59 Å². The van der Waals surface area contributed by atoms with E-state index in [1.54, 1.807) is 4.90 Å². The Balaban J connectivity index is 2.02. The number of nitrogens with one attached hydrogen (secondary N) is 1. The zero-order chi connectivity index (χ0) is 17.7. The normalized spacial score (nSPS) is 10.3. The first-order chi connectivity index (χ1) is 11.4. The summed E-state index contributed by atoms with van der Waals surface area (Å²) >= 11 is 3.36. The number of hydrogen-bond donors (Lipinski definition) is 1. The molecule has 0 spiro atoms. The molecule has 0 saturated heterocycles. The lowest BCUT2D eigenvalue weighted by molar-refractivity contribution is -0.117. The Kier molecular flexibility index (Phi) is 6.15. The summed E-state index contributed by atoms with van der Waals surface area (Å²) in [5, 5.41) is 2.84. The van der Waals surface area contributed by atoms with Crippen LogP contribution in [-0.2, 0) is 9.59 Å². The molecule has 24 heavy (non-hydrogen) atoms. The third kappa shape index (κ3) is 4.93. The number of carbonyl (C=O) groups excluding carboxylic acids is 2. The van der Waals surface area contributed by atoms with Crippen LogP contribution in [0.25, 0.3) is 0 Å². The van der Waals surface area contributed by atoms with E-state index in [9.17, 15) is 9.59 Å². The fourth-order valence-electron chi connectivity index (χ4n) is 2.53. The predicted octanol–water partition coefficient (Wildman–Crippen LogP) is 4.45. The highest BCUT2D eigenvalue weighted by molar-refractivity contribution is 9.10. The summed E-state index contributed by atoms with van der Waals surface area (Å²) in [4.78, 5) is 25.8. The molecule has 126 valence electrons. The fourth-order valence-corrected chi connectivity index (χ4v) is 2.79. The summed E-state index contributed by atoms with van der Waals surface area (Å²) in [6.07, 6.45) is 0.239. The molecule has 0 heterocycles. The van der Waals surface area contributed by atoms with Gasteiger partial charge in [-0.05, 0) is 49.7 Å². The van der Waals surface area contributed by atoms with E-state index >= 15 is 0 Å². The Bertz CT molecular complexity index is 742. The van der Waals surface area contributed by atoms with Crippen molar-refractivity contribution >= 4 is 39.1 Å². The van der Waals surface area contributed by atoms with Crippen molar-refractivity contribution in [2.24, 2.45) is 0 Å². The van der Waals surface area contributed by atoms with Crippen LogP contribution in [0.1, 0.15) is 24.5 Å². The summed E-state index contributed by atoms with van der Waals surface area (Å²) in [5.41, 5.74) is 3.76. The summed E-state index contributed by atoms with van der Waals surface area (Å²) in [6, 6.07) is 13.3. The molecule has 0 aliphatic rings. The van der Waals surface area contributed by atoms with Crippen molar-refractivity contribution in [3.63, 3.8) is 0 Å². The van der Waals surface area contributed by atoms with Crippen LogP contribution in [0.15, 0.2) is 46.9 Å². The molecule has 2 rings (SSSR count). The van der Waals surface area contributed by atoms with Gasteiger partial charge in [-0.2, -0.15) is 0 Å². The maximum Gasteiger partial charge on any atom is 0.226 e. The van der Waals surface area contributed by atoms with Crippen molar-refractivity contribution in [2.75, 3.05) is 16.8 Å². The third-order valence-corrected chi connectivity index (χ3v) is 4.24. The third-order valence-electron chi connectivity index (χ3n) is 3.71. The lowest BCUT2D eigenvalue weighted by atomic mass is 10.1. The van der Waals surface area contributed by atoms with Gasteiger partial charge in [0.05, 0.1) is 0 Å². The van der Waals surface area contributed by atoms with Gasteiger partial charge in [0.2, 0.25) is 11.8 Å². The molecule has 2 aromatic rings. The summed E-state index contributed by atoms with van der Waals surface area (Å²) in [5.74, 6) is -0.188. The zero-order valence-electron chi connectivity index (χ0n) is 14.1. The lowest BCUT2D eigenvalue weighted by Gasteiger charge is -2.23. The smallest absolute Gasteiger partial charge is 0.226 e. The van der Waals surface area contributed by atoms with Crippen LogP contribution >= 0.6 is 15.9 Å². The number of rotatable bonds is 5. The van der Waals surface area contributed by atoms with Crippen molar-refractivity contribution in [3.8, 4) is 0 Å². The molecule has 0 atom stereocenters. The number of halogens is 1. The van der Waals surface area contributed by atoms with Gasteiger partial charge < -0.3 is 10.2 Å². The van der Waals surface area contributed by atoms with Crippen LogP contribution in [0, 0.1) is 13.8 Å². The Hall–Kier alpha value is -2.14. The second-order valence-corrected chi connectivity index (χ2v) is 6.68. The minimum absolute atomic E-state index is 0.0709. The van der Waals surface area contributed by atoms with Gasteiger partial charge in [-0.1, -0.05) is 33.6 Å². The van der Waals surface area contributed by atoms with E-state index in [0.29, 0.717) is 6.54 Å².